The monoisotopic (exact) mass is 328 g/mol. The van der Waals surface area contributed by atoms with Crippen LogP contribution in [0.4, 0.5) is 0 Å². The normalized spacial score (nSPS) is 18.5. The maximum Gasteiger partial charge on any atom is 0.170 e. The lowest BCUT2D eigenvalue weighted by molar-refractivity contribution is -0.139. The summed E-state index contributed by atoms with van der Waals surface area (Å²) in [5, 5.41) is 14.8. The first kappa shape index (κ1) is 14.7. The summed E-state index contributed by atoms with van der Waals surface area (Å²) in [7, 11) is 1.84. The molecule has 0 spiro atoms. The first-order chi connectivity index (χ1) is 8.98. The average Bonchev–Trinajstić information content (AvgIpc) is 2.67. The van der Waals surface area contributed by atoms with Crippen LogP contribution in [-0.4, -0.2) is 26.3 Å². The second kappa shape index (κ2) is 5.75. The number of nitrogens with zero attached hydrogens (tertiary/aromatic N) is 2. The molecule has 5 heteroatoms. The Morgan fingerprint density at radius 2 is 2.05 bits per heavy atom. The van der Waals surface area contributed by atoms with Gasteiger partial charge in [0.1, 0.15) is 5.60 Å². The van der Waals surface area contributed by atoms with Crippen molar-refractivity contribution in [1.29, 1.82) is 0 Å². The highest BCUT2D eigenvalue weighted by Gasteiger charge is 2.37. The van der Waals surface area contributed by atoms with Crippen molar-refractivity contribution in [2.75, 3.05) is 0 Å². The smallest absolute Gasteiger partial charge is 0.170 e. The Morgan fingerprint density at radius 1 is 1.42 bits per heavy atom. The van der Waals surface area contributed by atoms with Crippen LogP contribution in [0.3, 0.4) is 0 Å². The summed E-state index contributed by atoms with van der Waals surface area (Å²) in [4.78, 5) is 12.4. The van der Waals surface area contributed by atoms with Crippen molar-refractivity contribution in [2.24, 2.45) is 7.05 Å². The van der Waals surface area contributed by atoms with Gasteiger partial charge in [-0.05, 0) is 35.2 Å². The molecule has 0 saturated heterocycles. The van der Waals surface area contributed by atoms with Crippen molar-refractivity contribution in [1.82, 2.24) is 9.78 Å². The molecule has 1 aromatic heterocycles. The summed E-state index contributed by atoms with van der Waals surface area (Å²) < 4.78 is 2.65. The van der Waals surface area contributed by atoms with Gasteiger partial charge in [0.25, 0.3) is 0 Å². The summed E-state index contributed by atoms with van der Waals surface area (Å²) in [6.45, 7) is 2.04. The Kier molecular flexibility index (Phi) is 4.46. The van der Waals surface area contributed by atoms with Gasteiger partial charge in [0.2, 0.25) is 0 Å². The summed E-state index contributed by atoms with van der Waals surface area (Å²) in [6, 6.07) is 0. The standard InChI is InChI=1S/C14H21BrN2O2/c1-3-10-13(15)11(17(2)16-10)9-12(18)14(19)7-5-4-6-8-14/h19H,3-9H2,1-2H3. The zero-order chi connectivity index (χ0) is 14.0. The second-order valence-corrected chi connectivity index (χ2v) is 6.17. The molecule has 0 atom stereocenters. The first-order valence-electron chi connectivity index (χ1n) is 6.94. The minimum Gasteiger partial charge on any atom is -0.382 e. The third-order valence-corrected chi connectivity index (χ3v) is 4.95. The lowest BCUT2D eigenvalue weighted by atomic mass is 9.80. The van der Waals surface area contributed by atoms with Crippen molar-refractivity contribution in [3.05, 3.63) is 15.9 Å². The van der Waals surface area contributed by atoms with Crippen LogP contribution in [0.25, 0.3) is 0 Å². The number of aromatic nitrogens is 2. The average molecular weight is 329 g/mol. The quantitative estimate of drug-likeness (QED) is 0.924. The molecule has 19 heavy (non-hydrogen) atoms. The van der Waals surface area contributed by atoms with E-state index in [1.165, 1.54) is 0 Å². The summed E-state index contributed by atoms with van der Waals surface area (Å²) >= 11 is 3.52. The Labute approximate surface area is 122 Å². The molecule has 1 aliphatic rings. The number of hydrogen-bond acceptors (Lipinski definition) is 3. The predicted molar refractivity (Wildman–Crippen MR) is 77.0 cm³/mol. The van der Waals surface area contributed by atoms with Crippen LogP contribution >= 0.6 is 15.9 Å². The van der Waals surface area contributed by atoms with Crippen molar-refractivity contribution in [3.8, 4) is 0 Å². The van der Waals surface area contributed by atoms with Crippen molar-refractivity contribution >= 4 is 21.7 Å². The van der Waals surface area contributed by atoms with Gasteiger partial charge < -0.3 is 5.11 Å². The maximum atomic E-state index is 12.4. The van der Waals surface area contributed by atoms with E-state index in [4.69, 9.17) is 0 Å². The van der Waals surface area contributed by atoms with Crippen LogP contribution in [0.1, 0.15) is 50.4 Å². The van der Waals surface area contributed by atoms with Gasteiger partial charge in [-0.3, -0.25) is 9.48 Å². The molecular formula is C14H21BrN2O2. The number of aryl methyl sites for hydroxylation is 2. The number of Topliss-reactive ketones (excluding diaryl/α,β-unsaturated/α-hetero) is 1. The number of halogens is 1. The minimum absolute atomic E-state index is 0.0708. The van der Waals surface area contributed by atoms with E-state index < -0.39 is 5.60 Å². The number of ketones is 1. The van der Waals surface area contributed by atoms with Crippen LogP contribution in [-0.2, 0) is 24.7 Å². The number of hydrogen-bond donors (Lipinski definition) is 1. The zero-order valence-electron chi connectivity index (χ0n) is 11.6. The van der Waals surface area contributed by atoms with Gasteiger partial charge >= 0.3 is 0 Å². The topological polar surface area (TPSA) is 55.1 Å². The second-order valence-electron chi connectivity index (χ2n) is 5.38. The van der Waals surface area contributed by atoms with E-state index in [0.29, 0.717) is 12.8 Å². The van der Waals surface area contributed by atoms with Crippen molar-refractivity contribution in [2.45, 2.75) is 57.5 Å². The fourth-order valence-corrected chi connectivity index (χ4v) is 3.50. The molecule has 106 valence electrons. The summed E-state index contributed by atoms with van der Waals surface area (Å²) in [6.07, 6.45) is 5.27. The molecule has 2 rings (SSSR count). The van der Waals surface area contributed by atoms with E-state index in [1.807, 2.05) is 14.0 Å². The lowest BCUT2D eigenvalue weighted by Crippen LogP contribution is -2.41. The molecule has 1 aromatic rings. The third kappa shape index (κ3) is 2.92. The molecule has 1 N–H and O–H groups in total. The van der Waals surface area contributed by atoms with E-state index in [2.05, 4.69) is 21.0 Å². The Balaban J connectivity index is 2.16. The zero-order valence-corrected chi connectivity index (χ0v) is 13.2. The van der Waals surface area contributed by atoms with Crippen LogP contribution in [0.5, 0.6) is 0 Å². The predicted octanol–water partition coefficient (Wildman–Crippen LogP) is 2.55. The first-order valence-corrected chi connectivity index (χ1v) is 7.73. The molecule has 0 bridgehead atoms. The molecule has 1 heterocycles. The third-order valence-electron chi connectivity index (χ3n) is 4.03. The number of rotatable bonds is 4. The van der Waals surface area contributed by atoms with Crippen LogP contribution in [0, 0.1) is 0 Å². The van der Waals surface area contributed by atoms with E-state index in [9.17, 15) is 9.90 Å². The summed E-state index contributed by atoms with van der Waals surface area (Å²) in [5.74, 6) is -0.0708. The van der Waals surface area contributed by atoms with Crippen LogP contribution < -0.4 is 0 Å². The summed E-state index contributed by atoms with van der Waals surface area (Å²) in [5.41, 5.74) is 0.704. The lowest BCUT2D eigenvalue weighted by Gasteiger charge is -2.30. The van der Waals surface area contributed by atoms with Gasteiger partial charge in [-0.2, -0.15) is 5.10 Å². The number of carbonyl (C=O) groups is 1. The van der Waals surface area contributed by atoms with Gasteiger partial charge in [-0.25, -0.2) is 0 Å². The highest BCUT2D eigenvalue weighted by atomic mass is 79.9. The largest absolute Gasteiger partial charge is 0.382 e. The molecule has 1 aliphatic carbocycles. The van der Waals surface area contributed by atoms with E-state index in [-0.39, 0.29) is 12.2 Å². The molecule has 0 aromatic carbocycles. The molecule has 4 nitrogen and oxygen atoms in total. The van der Waals surface area contributed by atoms with Crippen LogP contribution in [0.2, 0.25) is 0 Å². The van der Waals surface area contributed by atoms with Gasteiger partial charge in [0.05, 0.1) is 22.3 Å². The van der Waals surface area contributed by atoms with Gasteiger partial charge in [-0.1, -0.05) is 26.2 Å². The molecule has 0 unspecified atom stereocenters. The SMILES string of the molecule is CCc1nn(C)c(CC(=O)C2(O)CCCCC2)c1Br. The van der Waals surface area contributed by atoms with Crippen LogP contribution in [0.15, 0.2) is 4.47 Å². The van der Waals surface area contributed by atoms with Gasteiger partial charge in [-0.15, -0.1) is 0 Å². The van der Waals surface area contributed by atoms with E-state index in [0.717, 1.165) is 41.5 Å². The fraction of sp³-hybridized carbons (Fsp3) is 0.714. The minimum atomic E-state index is -1.12. The molecule has 1 fully saturated rings. The van der Waals surface area contributed by atoms with Gasteiger partial charge in [0, 0.05) is 7.05 Å². The molecule has 0 amide bonds. The molecule has 1 saturated carbocycles. The Hall–Kier alpha value is -0.680. The van der Waals surface area contributed by atoms with Crippen molar-refractivity contribution < 1.29 is 9.90 Å². The van der Waals surface area contributed by atoms with E-state index >= 15 is 0 Å². The highest BCUT2D eigenvalue weighted by molar-refractivity contribution is 9.10. The maximum absolute atomic E-state index is 12.4. The number of aliphatic hydroxyl groups is 1. The van der Waals surface area contributed by atoms with Crippen molar-refractivity contribution in [3.63, 3.8) is 0 Å². The fourth-order valence-electron chi connectivity index (χ4n) is 2.74. The Morgan fingerprint density at radius 3 is 2.58 bits per heavy atom. The van der Waals surface area contributed by atoms with E-state index in [1.54, 1.807) is 4.68 Å². The van der Waals surface area contributed by atoms with Gasteiger partial charge in [0.15, 0.2) is 5.78 Å². The molecular weight excluding hydrogens is 308 g/mol. The highest BCUT2D eigenvalue weighted by Crippen LogP contribution is 2.31. The molecule has 0 aliphatic heterocycles. The number of carbonyl (C=O) groups excluding carboxylic acids is 1. The molecule has 0 radical (unpaired) electrons. The Bertz CT molecular complexity index is 476.